The predicted molar refractivity (Wildman–Crippen MR) is 70.2 cm³/mol. The molecule has 1 saturated heterocycles. The topological polar surface area (TPSA) is 78.9 Å². The van der Waals surface area contributed by atoms with Crippen molar-refractivity contribution >= 4 is 23.3 Å². The van der Waals surface area contributed by atoms with Gasteiger partial charge in [-0.2, -0.15) is 0 Å². The Morgan fingerprint density at radius 1 is 1.63 bits per heavy atom. The zero-order chi connectivity index (χ0) is 13.8. The maximum Gasteiger partial charge on any atom is 0.331 e. The lowest BCUT2D eigenvalue weighted by Gasteiger charge is -2.33. The van der Waals surface area contributed by atoms with Crippen LogP contribution in [-0.4, -0.2) is 47.8 Å². The fourth-order valence-corrected chi connectivity index (χ4v) is 2.71. The second-order valence-corrected chi connectivity index (χ2v) is 5.33. The van der Waals surface area contributed by atoms with Crippen LogP contribution in [0.2, 0.25) is 0 Å². The van der Waals surface area contributed by atoms with E-state index < -0.39 is 12.0 Å². The molecule has 1 fully saturated rings. The van der Waals surface area contributed by atoms with Gasteiger partial charge in [0, 0.05) is 11.4 Å². The second-order valence-electron chi connectivity index (χ2n) is 4.35. The van der Waals surface area contributed by atoms with E-state index in [0.29, 0.717) is 24.6 Å². The fraction of sp³-hybridized carbons (Fsp3) is 0.500. The number of nitrogens with zero attached hydrogens (tertiary/aromatic N) is 1. The number of ether oxygens (including phenoxy) is 1. The van der Waals surface area contributed by atoms with Crippen molar-refractivity contribution < 1.29 is 19.4 Å². The molecule has 2 unspecified atom stereocenters. The molecule has 2 atom stereocenters. The van der Waals surface area contributed by atoms with Crippen LogP contribution in [0.1, 0.15) is 17.8 Å². The normalized spacial score (nSPS) is 20.9. The summed E-state index contributed by atoms with van der Waals surface area (Å²) < 4.78 is 5.25. The van der Waals surface area contributed by atoms with Gasteiger partial charge in [-0.15, -0.1) is 11.3 Å². The van der Waals surface area contributed by atoms with Crippen molar-refractivity contribution in [3.05, 3.63) is 22.4 Å². The Morgan fingerprint density at radius 2 is 2.42 bits per heavy atom. The lowest BCUT2D eigenvalue weighted by atomic mass is 10.2. The smallest absolute Gasteiger partial charge is 0.331 e. The summed E-state index contributed by atoms with van der Waals surface area (Å²) in [5.41, 5.74) is 0. The first-order chi connectivity index (χ1) is 9.09. The molecule has 104 valence electrons. The number of amides is 2. The minimum atomic E-state index is -1.06. The van der Waals surface area contributed by atoms with Crippen molar-refractivity contribution in [1.29, 1.82) is 0 Å². The van der Waals surface area contributed by atoms with Gasteiger partial charge in [0.05, 0.1) is 19.3 Å². The van der Waals surface area contributed by atoms with Gasteiger partial charge in [-0.1, -0.05) is 6.07 Å². The van der Waals surface area contributed by atoms with Gasteiger partial charge >= 0.3 is 12.0 Å². The highest BCUT2D eigenvalue weighted by molar-refractivity contribution is 7.10. The van der Waals surface area contributed by atoms with Crippen LogP contribution in [0.15, 0.2) is 17.5 Å². The number of aliphatic carboxylic acids is 1. The van der Waals surface area contributed by atoms with Crippen LogP contribution in [0.4, 0.5) is 4.79 Å². The van der Waals surface area contributed by atoms with Crippen molar-refractivity contribution in [3.8, 4) is 0 Å². The number of carbonyl (C=O) groups excluding carboxylic acids is 1. The Morgan fingerprint density at radius 3 is 3.00 bits per heavy atom. The molecular formula is C12H16N2O4S. The van der Waals surface area contributed by atoms with Crippen molar-refractivity contribution in [2.75, 3.05) is 19.8 Å². The van der Waals surface area contributed by atoms with Crippen LogP contribution >= 0.6 is 11.3 Å². The minimum Gasteiger partial charge on any atom is -0.479 e. The zero-order valence-corrected chi connectivity index (χ0v) is 11.4. The molecule has 19 heavy (non-hydrogen) atoms. The highest BCUT2D eigenvalue weighted by Gasteiger charge is 2.29. The van der Waals surface area contributed by atoms with Gasteiger partial charge in [0.25, 0.3) is 0 Å². The molecule has 0 radical (unpaired) electrons. The average molecular weight is 284 g/mol. The lowest BCUT2D eigenvalue weighted by molar-refractivity contribution is -0.139. The molecule has 1 aliphatic rings. The summed E-state index contributed by atoms with van der Waals surface area (Å²) in [6, 6.07) is 2.05. The predicted octanol–water partition coefficient (Wildman–Crippen LogP) is 1.30. The highest BCUT2D eigenvalue weighted by Crippen LogP contribution is 2.20. The summed E-state index contributed by atoms with van der Waals surface area (Å²) in [5, 5.41) is 13.6. The van der Waals surface area contributed by atoms with Crippen molar-refractivity contribution in [3.63, 3.8) is 0 Å². The number of carbonyl (C=O) groups is 2. The standard InChI is InChI=1S/C12H16N2O4S/c1-8-7-18-5-4-14(8)12(17)13-10(11(15)16)9-3-2-6-19-9/h2-3,6,8,10H,4-5,7H2,1H3,(H,13,17)(H,15,16). The van der Waals surface area contributed by atoms with Crippen LogP contribution in [-0.2, 0) is 9.53 Å². The van der Waals surface area contributed by atoms with Gasteiger partial charge < -0.3 is 20.1 Å². The number of carboxylic acid groups (broad SMARTS) is 1. The van der Waals surface area contributed by atoms with E-state index in [2.05, 4.69) is 5.32 Å². The molecule has 0 aliphatic carbocycles. The van der Waals surface area contributed by atoms with Crippen LogP contribution in [0.3, 0.4) is 0 Å². The van der Waals surface area contributed by atoms with E-state index in [1.165, 1.54) is 11.3 Å². The second kappa shape index (κ2) is 6.03. The molecule has 2 N–H and O–H groups in total. The molecule has 1 aliphatic heterocycles. The molecule has 0 spiro atoms. The molecule has 2 rings (SSSR count). The fourth-order valence-electron chi connectivity index (χ4n) is 1.95. The number of thiophene rings is 1. The molecular weight excluding hydrogens is 268 g/mol. The van der Waals surface area contributed by atoms with E-state index >= 15 is 0 Å². The Bertz CT molecular complexity index is 449. The molecule has 0 aromatic carbocycles. The van der Waals surface area contributed by atoms with Gasteiger partial charge in [-0.25, -0.2) is 9.59 Å². The van der Waals surface area contributed by atoms with E-state index in [4.69, 9.17) is 4.74 Å². The van der Waals surface area contributed by atoms with Crippen LogP contribution in [0, 0.1) is 0 Å². The van der Waals surface area contributed by atoms with Gasteiger partial charge in [0.15, 0.2) is 6.04 Å². The highest BCUT2D eigenvalue weighted by atomic mass is 32.1. The van der Waals surface area contributed by atoms with E-state index in [1.807, 2.05) is 6.92 Å². The third-order valence-corrected chi connectivity index (χ3v) is 3.91. The van der Waals surface area contributed by atoms with E-state index in [0.717, 1.165) is 0 Å². The number of rotatable bonds is 3. The van der Waals surface area contributed by atoms with E-state index in [1.54, 1.807) is 22.4 Å². The van der Waals surface area contributed by atoms with Crippen molar-refractivity contribution in [1.82, 2.24) is 10.2 Å². The molecule has 0 saturated carbocycles. The van der Waals surface area contributed by atoms with E-state index in [-0.39, 0.29) is 12.1 Å². The molecule has 0 bridgehead atoms. The SMILES string of the molecule is CC1COCCN1C(=O)NC(C(=O)O)c1cccs1. The summed E-state index contributed by atoms with van der Waals surface area (Å²) in [4.78, 5) is 25.6. The summed E-state index contributed by atoms with van der Waals surface area (Å²) in [5.74, 6) is -1.06. The number of hydrogen-bond acceptors (Lipinski definition) is 4. The first-order valence-electron chi connectivity index (χ1n) is 6.00. The number of carboxylic acids is 1. The molecule has 2 heterocycles. The van der Waals surface area contributed by atoms with Crippen LogP contribution in [0.5, 0.6) is 0 Å². The minimum absolute atomic E-state index is 0.0495. The number of morpholine rings is 1. The first kappa shape index (κ1) is 13.8. The largest absolute Gasteiger partial charge is 0.479 e. The molecule has 6 nitrogen and oxygen atoms in total. The Hall–Kier alpha value is -1.60. The van der Waals surface area contributed by atoms with Gasteiger partial charge in [0.1, 0.15) is 0 Å². The summed E-state index contributed by atoms with van der Waals surface area (Å²) in [6.07, 6.45) is 0. The van der Waals surface area contributed by atoms with Gasteiger partial charge in [-0.05, 0) is 18.4 Å². The van der Waals surface area contributed by atoms with E-state index in [9.17, 15) is 14.7 Å². The molecule has 1 aromatic heterocycles. The first-order valence-corrected chi connectivity index (χ1v) is 6.88. The maximum absolute atomic E-state index is 12.1. The third kappa shape index (κ3) is 3.24. The number of hydrogen-bond donors (Lipinski definition) is 2. The van der Waals surface area contributed by atoms with Crippen molar-refractivity contribution in [2.45, 2.75) is 19.0 Å². The monoisotopic (exact) mass is 284 g/mol. The molecule has 7 heteroatoms. The maximum atomic E-state index is 12.1. The lowest BCUT2D eigenvalue weighted by Crippen LogP contribution is -2.52. The van der Waals surface area contributed by atoms with Crippen molar-refractivity contribution in [2.24, 2.45) is 0 Å². The van der Waals surface area contributed by atoms with Crippen LogP contribution < -0.4 is 5.32 Å². The number of urea groups is 1. The summed E-state index contributed by atoms with van der Waals surface area (Å²) >= 11 is 1.31. The average Bonchev–Trinajstić information content (AvgIpc) is 2.89. The Balaban J connectivity index is 2.05. The quantitative estimate of drug-likeness (QED) is 0.877. The summed E-state index contributed by atoms with van der Waals surface area (Å²) in [7, 11) is 0. The number of nitrogens with one attached hydrogen (secondary N) is 1. The Labute approximate surface area is 115 Å². The summed E-state index contributed by atoms with van der Waals surface area (Å²) in [6.45, 7) is 3.31. The zero-order valence-electron chi connectivity index (χ0n) is 10.5. The van der Waals surface area contributed by atoms with Crippen LogP contribution in [0.25, 0.3) is 0 Å². The Kier molecular flexibility index (Phi) is 4.39. The molecule has 2 amide bonds. The van der Waals surface area contributed by atoms with Gasteiger partial charge in [-0.3, -0.25) is 0 Å². The molecule has 1 aromatic rings. The van der Waals surface area contributed by atoms with Gasteiger partial charge in [0.2, 0.25) is 0 Å². The third-order valence-electron chi connectivity index (χ3n) is 2.97.